The Labute approximate surface area is 89.1 Å². The first-order chi connectivity index (χ1) is 7.10. The molecule has 1 saturated heterocycles. The van der Waals surface area contributed by atoms with E-state index in [1.807, 2.05) is 0 Å². The zero-order chi connectivity index (χ0) is 11.3. The Morgan fingerprint density at radius 3 is 2.67 bits per heavy atom. The van der Waals surface area contributed by atoms with Crippen molar-refractivity contribution in [1.82, 2.24) is 5.32 Å². The third-order valence-corrected chi connectivity index (χ3v) is 2.64. The lowest BCUT2D eigenvalue weighted by Gasteiger charge is -2.33. The number of esters is 2. The number of carbonyl (C=O) groups excluding carboxylic acids is 2. The highest BCUT2D eigenvalue weighted by atomic mass is 16.5. The minimum absolute atomic E-state index is 0.0992. The molecule has 15 heavy (non-hydrogen) atoms. The topological polar surface area (TPSA) is 64.6 Å². The number of nitrogens with one attached hydrogen (secondary N) is 1. The van der Waals surface area contributed by atoms with Crippen LogP contribution in [-0.2, 0) is 19.1 Å². The molecule has 0 aromatic heterocycles. The van der Waals surface area contributed by atoms with E-state index in [-0.39, 0.29) is 18.5 Å². The quantitative estimate of drug-likeness (QED) is 0.676. The monoisotopic (exact) mass is 215 g/mol. The lowest BCUT2D eigenvalue weighted by atomic mass is 9.81. The number of carbonyl (C=O) groups is 2. The molecule has 0 bridgehead atoms. The molecule has 5 heteroatoms. The van der Waals surface area contributed by atoms with Crippen LogP contribution < -0.4 is 5.32 Å². The van der Waals surface area contributed by atoms with Gasteiger partial charge in [-0.3, -0.25) is 9.59 Å². The van der Waals surface area contributed by atoms with Crippen LogP contribution in [0.2, 0.25) is 0 Å². The van der Waals surface area contributed by atoms with E-state index in [0.717, 1.165) is 13.0 Å². The number of hydrogen-bond donors (Lipinski definition) is 1. The highest BCUT2D eigenvalue weighted by Crippen LogP contribution is 2.28. The van der Waals surface area contributed by atoms with E-state index >= 15 is 0 Å². The molecule has 1 rings (SSSR count). The molecule has 0 spiro atoms. The van der Waals surface area contributed by atoms with Gasteiger partial charge < -0.3 is 14.8 Å². The van der Waals surface area contributed by atoms with Gasteiger partial charge in [0, 0.05) is 13.5 Å². The fraction of sp³-hybridized carbons (Fsp3) is 0.800. The van der Waals surface area contributed by atoms with E-state index in [1.165, 1.54) is 14.0 Å². The van der Waals surface area contributed by atoms with Gasteiger partial charge in [0.15, 0.2) is 0 Å². The highest BCUT2D eigenvalue weighted by molar-refractivity contribution is 5.78. The average Bonchev–Trinajstić information content (AvgIpc) is 2.26. The number of piperidine rings is 1. The van der Waals surface area contributed by atoms with Gasteiger partial charge >= 0.3 is 11.9 Å². The van der Waals surface area contributed by atoms with Gasteiger partial charge in [-0.1, -0.05) is 0 Å². The number of methoxy groups -OCH3 is 1. The third kappa shape index (κ3) is 2.92. The SMILES string of the molecule is COC(=O)C1(COC(C)=O)CCCNC1. The zero-order valence-corrected chi connectivity index (χ0v) is 9.17. The van der Waals surface area contributed by atoms with Gasteiger partial charge in [0.25, 0.3) is 0 Å². The maximum atomic E-state index is 11.6. The van der Waals surface area contributed by atoms with Crippen LogP contribution in [0.5, 0.6) is 0 Å². The molecule has 0 saturated carbocycles. The Morgan fingerprint density at radius 1 is 1.47 bits per heavy atom. The van der Waals surface area contributed by atoms with Crippen molar-refractivity contribution in [3.8, 4) is 0 Å². The standard InChI is InChI=1S/C10H17NO4/c1-8(12)15-7-10(9(13)14-2)4-3-5-11-6-10/h11H,3-7H2,1-2H3. The van der Waals surface area contributed by atoms with E-state index in [9.17, 15) is 9.59 Å². The van der Waals surface area contributed by atoms with Crippen molar-refractivity contribution in [2.75, 3.05) is 26.8 Å². The van der Waals surface area contributed by atoms with Crippen molar-refractivity contribution in [1.29, 1.82) is 0 Å². The molecule has 0 aromatic rings. The summed E-state index contributed by atoms with van der Waals surface area (Å²) < 4.78 is 9.68. The van der Waals surface area contributed by atoms with E-state index < -0.39 is 5.41 Å². The highest BCUT2D eigenvalue weighted by Gasteiger charge is 2.41. The van der Waals surface area contributed by atoms with Crippen LogP contribution in [0.15, 0.2) is 0 Å². The van der Waals surface area contributed by atoms with Crippen LogP contribution in [0, 0.1) is 5.41 Å². The van der Waals surface area contributed by atoms with Crippen molar-refractivity contribution in [3.63, 3.8) is 0 Å². The first kappa shape index (κ1) is 12.0. The number of rotatable bonds is 3. The smallest absolute Gasteiger partial charge is 0.316 e. The Bertz CT molecular complexity index is 246. The molecule has 1 fully saturated rings. The molecule has 5 nitrogen and oxygen atoms in total. The second kappa shape index (κ2) is 5.11. The largest absolute Gasteiger partial charge is 0.468 e. The summed E-state index contributed by atoms with van der Waals surface area (Å²) in [5.41, 5.74) is -0.696. The summed E-state index contributed by atoms with van der Waals surface area (Å²) in [5, 5.41) is 3.12. The first-order valence-corrected chi connectivity index (χ1v) is 5.03. The van der Waals surface area contributed by atoms with Crippen molar-refractivity contribution in [3.05, 3.63) is 0 Å². The van der Waals surface area contributed by atoms with E-state index in [1.54, 1.807) is 0 Å². The Hall–Kier alpha value is -1.10. The summed E-state index contributed by atoms with van der Waals surface area (Å²) in [6.07, 6.45) is 1.58. The van der Waals surface area contributed by atoms with Crippen molar-refractivity contribution < 1.29 is 19.1 Å². The van der Waals surface area contributed by atoms with Crippen LogP contribution in [-0.4, -0.2) is 38.7 Å². The molecule has 0 radical (unpaired) electrons. The first-order valence-electron chi connectivity index (χ1n) is 5.03. The van der Waals surface area contributed by atoms with Crippen LogP contribution >= 0.6 is 0 Å². The predicted molar refractivity (Wildman–Crippen MR) is 53.2 cm³/mol. The molecule has 1 unspecified atom stereocenters. The Kier molecular flexibility index (Phi) is 4.08. The van der Waals surface area contributed by atoms with Crippen molar-refractivity contribution >= 4 is 11.9 Å². The fourth-order valence-electron chi connectivity index (χ4n) is 1.78. The van der Waals surface area contributed by atoms with Crippen molar-refractivity contribution in [2.45, 2.75) is 19.8 Å². The van der Waals surface area contributed by atoms with Crippen LogP contribution in [0.3, 0.4) is 0 Å². The third-order valence-electron chi connectivity index (χ3n) is 2.64. The Balaban J connectivity index is 2.66. The summed E-state index contributed by atoms with van der Waals surface area (Å²) in [4.78, 5) is 22.4. The van der Waals surface area contributed by atoms with E-state index in [0.29, 0.717) is 13.0 Å². The number of ether oxygens (including phenoxy) is 2. The van der Waals surface area contributed by atoms with Gasteiger partial charge in [0.2, 0.25) is 0 Å². The van der Waals surface area contributed by atoms with Gasteiger partial charge in [0.1, 0.15) is 12.0 Å². The summed E-state index contributed by atoms with van der Waals surface area (Å²) in [6, 6.07) is 0. The maximum absolute atomic E-state index is 11.6. The molecule has 1 aliphatic heterocycles. The van der Waals surface area contributed by atoms with Gasteiger partial charge in [0.05, 0.1) is 7.11 Å². The number of hydrogen-bond acceptors (Lipinski definition) is 5. The van der Waals surface area contributed by atoms with Crippen LogP contribution in [0.25, 0.3) is 0 Å². The van der Waals surface area contributed by atoms with Gasteiger partial charge in [-0.15, -0.1) is 0 Å². The lowest BCUT2D eigenvalue weighted by molar-refractivity contribution is -0.162. The molecular formula is C10H17NO4. The molecule has 1 N–H and O–H groups in total. The summed E-state index contributed by atoms with van der Waals surface area (Å²) >= 11 is 0. The summed E-state index contributed by atoms with van der Waals surface area (Å²) in [7, 11) is 1.35. The van der Waals surface area contributed by atoms with Crippen LogP contribution in [0.4, 0.5) is 0 Å². The van der Waals surface area contributed by atoms with Gasteiger partial charge in [-0.25, -0.2) is 0 Å². The second-order valence-corrected chi connectivity index (χ2v) is 3.83. The Morgan fingerprint density at radius 2 is 2.20 bits per heavy atom. The maximum Gasteiger partial charge on any atom is 0.316 e. The predicted octanol–water partition coefficient (Wildman–Crippen LogP) is 0.0923. The molecule has 0 aromatic carbocycles. The molecule has 86 valence electrons. The van der Waals surface area contributed by atoms with E-state index in [2.05, 4.69) is 5.32 Å². The molecule has 1 atom stereocenters. The minimum Gasteiger partial charge on any atom is -0.468 e. The molecule has 1 heterocycles. The lowest BCUT2D eigenvalue weighted by Crippen LogP contribution is -2.49. The zero-order valence-electron chi connectivity index (χ0n) is 9.17. The van der Waals surface area contributed by atoms with Crippen LogP contribution in [0.1, 0.15) is 19.8 Å². The minimum atomic E-state index is -0.696. The summed E-state index contributed by atoms with van der Waals surface area (Å²) in [6.45, 7) is 2.83. The van der Waals surface area contributed by atoms with Crippen molar-refractivity contribution in [2.24, 2.45) is 5.41 Å². The van der Waals surface area contributed by atoms with Gasteiger partial charge in [-0.05, 0) is 19.4 Å². The summed E-state index contributed by atoms with van der Waals surface area (Å²) in [5.74, 6) is -0.681. The molecule has 1 aliphatic rings. The second-order valence-electron chi connectivity index (χ2n) is 3.83. The molecule has 0 aliphatic carbocycles. The molecule has 0 amide bonds. The normalized spacial score (nSPS) is 25.7. The van der Waals surface area contributed by atoms with Gasteiger partial charge in [-0.2, -0.15) is 0 Å². The molecular weight excluding hydrogens is 198 g/mol. The average molecular weight is 215 g/mol. The fourth-order valence-corrected chi connectivity index (χ4v) is 1.78. The van der Waals surface area contributed by atoms with E-state index in [4.69, 9.17) is 9.47 Å².